The average molecular weight is 531 g/mol. The number of carbonyl (C=O) groups excluding carboxylic acids is 3. The van der Waals surface area contributed by atoms with Gasteiger partial charge in [0.1, 0.15) is 16.2 Å². The van der Waals surface area contributed by atoms with E-state index in [1.807, 2.05) is 6.92 Å². The Morgan fingerprint density at radius 1 is 0.914 bits per heavy atom. The van der Waals surface area contributed by atoms with Crippen molar-refractivity contribution in [2.75, 3.05) is 4.90 Å². The smallest absolute Gasteiger partial charge is 0.339 e. The number of amides is 4. The summed E-state index contributed by atoms with van der Waals surface area (Å²) in [5.41, 5.74) is 0.674. The van der Waals surface area contributed by atoms with Gasteiger partial charge in [0.15, 0.2) is 0 Å². The molecule has 0 unspecified atom stereocenters. The third-order valence-corrected chi connectivity index (χ3v) is 6.98. The van der Waals surface area contributed by atoms with Crippen LogP contribution in [-0.4, -0.2) is 26.3 Å². The number of halogens is 2. The van der Waals surface area contributed by atoms with Crippen molar-refractivity contribution in [3.63, 3.8) is 0 Å². The molecule has 11 heteroatoms. The van der Waals surface area contributed by atoms with Gasteiger partial charge in [-0.25, -0.2) is 9.69 Å². The van der Waals surface area contributed by atoms with E-state index in [1.54, 1.807) is 18.2 Å². The van der Waals surface area contributed by atoms with Gasteiger partial charge in [-0.15, -0.1) is 0 Å². The van der Waals surface area contributed by atoms with Crippen LogP contribution < -0.4 is 14.4 Å². The lowest BCUT2D eigenvalue weighted by Crippen LogP contribution is -2.54. The van der Waals surface area contributed by atoms with Gasteiger partial charge in [-0.2, -0.15) is 8.42 Å². The average Bonchev–Trinajstić information content (AvgIpc) is 2.80. The summed E-state index contributed by atoms with van der Waals surface area (Å²) in [5, 5.41) is 2.40. The molecule has 178 valence electrons. The maximum absolute atomic E-state index is 13.1. The van der Waals surface area contributed by atoms with Crippen LogP contribution in [0.5, 0.6) is 5.75 Å². The molecular weight excluding hydrogens is 515 g/mol. The van der Waals surface area contributed by atoms with Gasteiger partial charge >= 0.3 is 16.1 Å². The van der Waals surface area contributed by atoms with Crippen molar-refractivity contribution in [2.45, 2.75) is 11.8 Å². The molecule has 0 aromatic heterocycles. The summed E-state index contributed by atoms with van der Waals surface area (Å²) in [6, 6.07) is 15.2. The van der Waals surface area contributed by atoms with Gasteiger partial charge in [0.05, 0.1) is 15.7 Å². The Labute approximate surface area is 210 Å². The Hall–Kier alpha value is -3.66. The summed E-state index contributed by atoms with van der Waals surface area (Å²) < 4.78 is 30.8. The molecule has 0 aliphatic carbocycles. The van der Waals surface area contributed by atoms with Crippen molar-refractivity contribution in [2.24, 2.45) is 0 Å². The van der Waals surface area contributed by atoms with E-state index in [0.29, 0.717) is 0 Å². The van der Waals surface area contributed by atoms with Crippen LogP contribution in [0.3, 0.4) is 0 Å². The molecule has 1 saturated heterocycles. The van der Waals surface area contributed by atoms with E-state index in [2.05, 4.69) is 5.32 Å². The fraction of sp³-hybridized carbons (Fsp3) is 0.0417. The van der Waals surface area contributed by atoms with E-state index in [4.69, 9.17) is 27.4 Å². The maximum Gasteiger partial charge on any atom is 0.339 e. The summed E-state index contributed by atoms with van der Waals surface area (Å²) in [5.74, 6) is -2.00. The highest BCUT2D eigenvalue weighted by molar-refractivity contribution is 7.87. The summed E-state index contributed by atoms with van der Waals surface area (Å²) in [7, 11) is -4.20. The molecule has 4 amide bonds. The first-order chi connectivity index (χ1) is 16.6. The molecule has 8 nitrogen and oxygen atoms in total. The minimum atomic E-state index is -4.20. The molecule has 0 atom stereocenters. The van der Waals surface area contributed by atoms with Gasteiger partial charge in [0, 0.05) is 5.56 Å². The fourth-order valence-electron chi connectivity index (χ4n) is 3.22. The molecule has 35 heavy (non-hydrogen) atoms. The van der Waals surface area contributed by atoms with E-state index in [9.17, 15) is 22.8 Å². The van der Waals surface area contributed by atoms with E-state index < -0.39 is 33.5 Å². The highest BCUT2D eigenvalue weighted by Crippen LogP contribution is 2.31. The highest BCUT2D eigenvalue weighted by atomic mass is 35.5. The number of benzene rings is 3. The summed E-state index contributed by atoms with van der Waals surface area (Å²) >= 11 is 11.9. The Bertz CT molecular complexity index is 1500. The first-order valence-electron chi connectivity index (χ1n) is 10.0. The second-order valence-corrected chi connectivity index (χ2v) is 9.81. The normalized spacial score (nSPS) is 15.3. The number of imide groups is 2. The van der Waals surface area contributed by atoms with Crippen LogP contribution in [0.2, 0.25) is 10.0 Å². The van der Waals surface area contributed by atoms with Gasteiger partial charge in [-0.05, 0) is 49.4 Å². The quantitative estimate of drug-likeness (QED) is 0.290. The Morgan fingerprint density at radius 2 is 1.60 bits per heavy atom. The molecule has 0 spiro atoms. The predicted molar refractivity (Wildman–Crippen MR) is 131 cm³/mol. The summed E-state index contributed by atoms with van der Waals surface area (Å²) in [6.07, 6.45) is 1.15. The molecule has 1 aliphatic heterocycles. The number of nitrogens with zero attached hydrogens (tertiary/aromatic N) is 1. The number of hydrogen-bond donors (Lipinski definition) is 1. The lowest BCUT2D eigenvalue weighted by molar-refractivity contribution is -0.122. The Balaban J connectivity index is 1.71. The zero-order chi connectivity index (χ0) is 25.3. The first kappa shape index (κ1) is 24.5. The van der Waals surface area contributed by atoms with Crippen LogP contribution in [0.15, 0.2) is 77.2 Å². The van der Waals surface area contributed by atoms with Crippen LogP contribution in [0, 0.1) is 6.92 Å². The fourth-order valence-corrected chi connectivity index (χ4v) is 4.46. The van der Waals surface area contributed by atoms with Crippen LogP contribution in [0.25, 0.3) is 6.08 Å². The van der Waals surface area contributed by atoms with Gasteiger partial charge < -0.3 is 4.18 Å². The molecule has 3 aromatic rings. The number of rotatable bonds is 5. The standard InChI is InChI=1S/C24H16Cl2N2O6S/c1-14-6-9-17(10-7-14)35(32,33)34-21-5-3-2-4-15(21)12-18-22(29)27-24(31)28(23(18)30)16-8-11-19(25)20(26)13-16/h2-13H,1H3,(H,27,29,31)/b18-12+. The van der Waals surface area contributed by atoms with Gasteiger partial charge in [0.2, 0.25) is 0 Å². The van der Waals surface area contributed by atoms with Gasteiger partial charge in [0.25, 0.3) is 11.8 Å². The molecule has 1 fully saturated rings. The molecule has 0 radical (unpaired) electrons. The van der Waals surface area contributed by atoms with Crippen molar-refractivity contribution in [1.29, 1.82) is 0 Å². The molecule has 0 bridgehead atoms. The summed E-state index contributed by atoms with van der Waals surface area (Å²) in [4.78, 5) is 38.7. The van der Waals surface area contributed by atoms with Gasteiger partial charge in [-0.1, -0.05) is 59.1 Å². The summed E-state index contributed by atoms with van der Waals surface area (Å²) in [6.45, 7) is 1.82. The van der Waals surface area contributed by atoms with Crippen molar-refractivity contribution >= 4 is 62.9 Å². The van der Waals surface area contributed by atoms with Crippen molar-refractivity contribution in [3.05, 3.63) is 93.5 Å². The van der Waals surface area contributed by atoms with Crippen LogP contribution in [0.1, 0.15) is 11.1 Å². The SMILES string of the molecule is Cc1ccc(S(=O)(=O)Oc2ccccc2/C=C2\C(=O)NC(=O)N(c3ccc(Cl)c(Cl)c3)C2=O)cc1. The number of para-hydroxylation sites is 1. The zero-order valence-electron chi connectivity index (χ0n) is 18.0. The Morgan fingerprint density at radius 3 is 2.29 bits per heavy atom. The number of carbonyl (C=O) groups is 3. The van der Waals surface area contributed by atoms with Crippen molar-refractivity contribution < 1.29 is 27.0 Å². The van der Waals surface area contributed by atoms with E-state index in [0.717, 1.165) is 16.5 Å². The monoisotopic (exact) mass is 530 g/mol. The van der Waals surface area contributed by atoms with E-state index in [-0.39, 0.29) is 31.9 Å². The molecular formula is C24H16Cl2N2O6S. The lowest BCUT2D eigenvalue weighted by Gasteiger charge is -2.26. The topological polar surface area (TPSA) is 110 Å². The third-order valence-electron chi connectivity index (χ3n) is 4.99. The first-order valence-corrected chi connectivity index (χ1v) is 12.2. The second kappa shape index (κ2) is 9.53. The number of aryl methyl sites for hydroxylation is 1. The highest BCUT2D eigenvalue weighted by Gasteiger charge is 2.37. The number of barbiturate groups is 1. The minimum absolute atomic E-state index is 0.0616. The van der Waals surface area contributed by atoms with Gasteiger partial charge in [-0.3, -0.25) is 14.9 Å². The zero-order valence-corrected chi connectivity index (χ0v) is 20.3. The molecule has 1 N–H and O–H groups in total. The van der Waals surface area contributed by atoms with Crippen LogP contribution >= 0.6 is 23.2 Å². The molecule has 1 heterocycles. The minimum Gasteiger partial charge on any atom is -0.378 e. The lowest BCUT2D eigenvalue weighted by atomic mass is 10.1. The number of hydrogen-bond acceptors (Lipinski definition) is 6. The second-order valence-electron chi connectivity index (χ2n) is 7.44. The third kappa shape index (κ3) is 5.07. The van der Waals surface area contributed by atoms with E-state index >= 15 is 0 Å². The largest absolute Gasteiger partial charge is 0.378 e. The molecule has 4 rings (SSSR count). The predicted octanol–water partition coefficient (Wildman–Crippen LogP) is 4.74. The maximum atomic E-state index is 13.1. The molecule has 3 aromatic carbocycles. The van der Waals surface area contributed by atoms with Crippen LogP contribution in [-0.2, 0) is 19.7 Å². The van der Waals surface area contributed by atoms with E-state index in [1.165, 1.54) is 48.5 Å². The van der Waals surface area contributed by atoms with Crippen molar-refractivity contribution in [1.82, 2.24) is 5.32 Å². The molecule has 1 aliphatic rings. The number of urea groups is 1. The molecule has 0 saturated carbocycles. The van der Waals surface area contributed by atoms with Crippen molar-refractivity contribution in [3.8, 4) is 5.75 Å². The number of anilines is 1. The van der Waals surface area contributed by atoms with Crippen LogP contribution in [0.4, 0.5) is 10.5 Å². The number of nitrogens with one attached hydrogen (secondary N) is 1. The Kier molecular flexibility index (Phi) is 6.66.